The fourth-order valence-corrected chi connectivity index (χ4v) is 6.83. The summed E-state index contributed by atoms with van der Waals surface area (Å²) in [6, 6.07) is 14.2. The third-order valence-electron chi connectivity index (χ3n) is 7.38. The van der Waals surface area contributed by atoms with Crippen LogP contribution < -0.4 is 15.0 Å². The number of nitrogens with zero attached hydrogens (tertiary/aromatic N) is 6. The molecule has 3 aromatic heterocycles. The number of thiazole rings is 2. The first-order chi connectivity index (χ1) is 24.1. The molecule has 0 aliphatic rings. The van der Waals surface area contributed by atoms with Gasteiger partial charge in [-0.25, -0.2) is 19.2 Å². The Labute approximate surface area is 297 Å². The topological polar surface area (TPSA) is 157 Å². The fourth-order valence-electron chi connectivity index (χ4n) is 4.84. The summed E-state index contributed by atoms with van der Waals surface area (Å²) in [6.45, 7) is 2.57. The van der Waals surface area contributed by atoms with Gasteiger partial charge in [-0.15, -0.1) is 21.5 Å². The number of aromatic carboxylic acids is 1. The third kappa shape index (κ3) is 9.71. The van der Waals surface area contributed by atoms with Gasteiger partial charge in [0.1, 0.15) is 0 Å². The van der Waals surface area contributed by atoms with E-state index in [2.05, 4.69) is 37.3 Å². The fraction of sp³-hybridized carbons (Fsp3) is 0.343. The zero-order valence-corrected chi connectivity index (χ0v) is 29.5. The van der Waals surface area contributed by atoms with Gasteiger partial charge in [-0.1, -0.05) is 35.3 Å². The average molecular weight is 720 g/mol. The van der Waals surface area contributed by atoms with Crippen molar-refractivity contribution in [2.24, 2.45) is 0 Å². The molecule has 1 unspecified atom stereocenters. The lowest BCUT2D eigenvalue weighted by Crippen LogP contribution is -2.22. The number of anilines is 4. The number of benzene rings is 2. The Kier molecular flexibility index (Phi) is 12.6. The van der Waals surface area contributed by atoms with Crippen LogP contribution in [-0.4, -0.2) is 92.9 Å². The summed E-state index contributed by atoms with van der Waals surface area (Å²) >= 11 is 2.71. The van der Waals surface area contributed by atoms with Crippen LogP contribution in [0.25, 0.3) is 10.2 Å². The molecule has 0 bridgehead atoms. The minimum absolute atomic E-state index is 0.0870. The first-order valence-electron chi connectivity index (χ1n) is 15.9. The number of rotatable bonds is 16. The van der Waals surface area contributed by atoms with Gasteiger partial charge in [0, 0.05) is 17.0 Å². The van der Waals surface area contributed by atoms with Crippen LogP contribution in [0, 0.1) is 24.6 Å². The molecule has 5 aromatic rings. The van der Waals surface area contributed by atoms with Crippen LogP contribution in [0.15, 0.2) is 48.5 Å². The average Bonchev–Trinajstić information content (AvgIpc) is 3.70. The van der Waals surface area contributed by atoms with E-state index < -0.39 is 17.9 Å². The number of aliphatic hydroxyl groups excluding tert-OH is 2. The summed E-state index contributed by atoms with van der Waals surface area (Å²) in [5, 5.41) is 42.4. The molecule has 0 saturated carbocycles. The molecule has 262 valence electrons. The summed E-state index contributed by atoms with van der Waals surface area (Å²) in [5.74, 6) is 5.27. The Hall–Kier alpha value is -4.72. The zero-order chi connectivity index (χ0) is 35.6. The second kappa shape index (κ2) is 17.3. The molecule has 0 aliphatic carbocycles. The number of aryl methyl sites for hydroxylation is 2. The van der Waals surface area contributed by atoms with E-state index in [1.54, 1.807) is 11.0 Å². The molecule has 5 rings (SSSR count). The Balaban J connectivity index is 1.30. The number of fused-ring (bicyclic) bond motifs is 1. The van der Waals surface area contributed by atoms with Crippen molar-refractivity contribution < 1.29 is 29.2 Å². The lowest BCUT2D eigenvalue weighted by atomic mass is 10.2. The number of carboxylic acid groups (broad SMARTS) is 1. The van der Waals surface area contributed by atoms with E-state index in [4.69, 9.17) is 4.74 Å². The van der Waals surface area contributed by atoms with E-state index in [1.165, 1.54) is 34.8 Å². The van der Waals surface area contributed by atoms with Crippen molar-refractivity contribution in [3.8, 4) is 17.6 Å². The maximum absolute atomic E-state index is 14.6. The van der Waals surface area contributed by atoms with Crippen molar-refractivity contribution in [2.75, 3.05) is 50.6 Å². The van der Waals surface area contributed by atoms with E-state index in [9.17, 15) is 24.5 Å². The number of carbonyl (C=O) groups is 1. The molecule has 15 heteroatoms. The number of aromatic nitrogens is 4. The van der Waals surface area contributed by atoms with Gasteiger partial charge in [0.25, 0.3) is 0 Å². The predicted molar refractivity (Wildman–Crippen MR) is 194 cm³/mol. The molecular weight excluding hydrogens is 682 g/mol. The van der Waals surface area contributed by atoms with E-state index in [0.29, 0.717) is 71.1 Å². The van der Waals surface area contributed by atoms with Gasteiger partial charge in [0.15, 0.2) is 39.2 Å². The number of nitrogens with one attached hydrogen (secondary N) is 1. The number of aliphatic hydroxyl groups is 2. The first-order valence-corrected chi connectivity index (χ1v) is 17.6. The zero-order valence-electron chi connectivity index (χ0n) is 27.9. The van der Waals surface area contributed by atoms with E-state index in [-0.39, 0.29) is 24.7 Å². The maximum Gasteiger partial charge on any atom is 0.355 e. The lowest BCUT2D eigenvalue weighted by Gasteiger charge is -2.21. The van der Waals surface area contributed by atoms with Crippen molar-refractivity contribution in [3.63, 3.8) is 0 Å². The smallest absolute Gasteiger partial charge is 0.355 e. The van der Waals surface area contributed by atoms with Crippen LogP contribution in [0.4, 0.5) is 26.3 Å². The molecule has 1 atom stereocenters. The van der Waals surface area contributed by atoms with E-state index >= 15 is 0 Å². The predicted octanol–water partition coefficient (Wildman–Crippen LogP) is 5.63. The Morgan fingerprint density at radius 3 is 2.64 bits per heavy atom. The number of ether oxygens (including phenoxy) is 1. The first kappa shape index (κ1) is 36.6. The van der Waals surface area contributed by atoms with Gasteiger partial charge in [-0.3, -0.25) is 4.90 Å². The Morgan fingerprint density at radius 1 is 1.10 bits per heavy atom. The molecule has 50 heavy (non-hydrogen) atoms. The molecule has 2 aromatic carbocycles. The number of para-hydroxylation sites is 1. The van der Waals surface area contributed by atoms with Crippen LogP contribution in [0.2, 0.25) is 0 Å². The van der Waals surface area contributed by atoms with E-state index in [0.717, 1.165) is 15.8 Å². The van der Waals surface area contributed by atoms with Crippen LogP contribution in [0.1, 0.15) is 45.8 Å². The summed E-state index contributed by atoms with van der Waals surface area (Å²) in [7, 11) is 3.81. The molecule has 0 amide bonds. The lowest BCUT2D eigenvalue weighted by molar-refractivity contribution is 0.0690. The van der Waals surface area contributed by atoms with Crippen LogP contribution in [-0.2, 0) is 6.42 Å². The number of hydrogen-bond acceptors (Lipinski definition) is 13. The van der Waals surface area contributed by atoms with E-state index in [1.807, 2.05) is 56.3 Å². The summed E-state index contributed by atoms with van der Waals surface area (Å²) < 4.78 is 21.4. The number of hydrogen-bond donors (Lipinski definition) is 4. The van der Waals surface area contributed by atoms with Gasteiger partial charge in [0.2, 0.25) is 0 Å². The SMILES string of the molecule is Cc1cc(N(CCCC(O)CO)c2nc(C(=O)O)c(CCCOc3ccc(C#CCN(C)C)cc3F)s2)nnc1Nc1nc2ccccc2s1. The number of halogens is 1. The third-order valence-corrected chi connectivity index (χ3v) is 9.47. The summed E-state index contributed by atoms with van der Waals surface area (Å²) in [5.41, 5.74) is 2.12. The van der Waals surface area contributed by atoms with Crippen molar-refractivity contribution in [1.29, 1.82) is 0 Å². The highest BCUT2D eigenvalue weighted by molar-refractivity contribution is 7.22. The van der Waals surface area contributed by atoms with Crippen molar-refractivity contribution in [2.45, 2.75) is 38.7 Å². The molecule has 4 N–H and O–H groups in total. The number of carboxylic acids is 1. The maximum atomic E-state index is 14.6. The van der Waals surface area contributed by atoms with Gasteiger partial charge in [0.05, 0.1) is 36.1 Å². The minimum Gasteiger partial charge on any atom is -0.491 e. The van der Waals surface area contributed by atoms with Gasteiger partial charge < -0.3 is 30.3 Å². The minimum atomic E-state index is -1.17. The van der Waals surface area contributed by atoms with Crippen LogP contribution in [0.3, 0.4) is 0 Å². The Morgan fingerprint density at radius 2 is 1.92 bits per heavy atom. The molecule has 0 saturated heterocycles. The van der Waals surface area contributed by atoms with Crippen LogP contribution in [0.5, 0.6) is 5.75 Å². The van der Waals surface area contributed by atoms with Crippen molar-refractivity contribution in [1.82, 2.24) is 25.1 Å². The molecule has 3 heterocycles. The van der Waals surface area contributed by atoms with Crippen molar-refractivity contribution >= 4 is 60.8 Å². The Bertz CT molecular complexity index is 1960. The molecule has 0 radical (unpaired) electrons. The molecule has 0 fully saturated rings. The molecular formula is C35H38FN7O5S2. The molecule has 0 aliphatic heterocycles. The quantitative estimate of drug-likeness (QED) is 0.0738. The van der Waals surface area contributed by atoms with Crippen molar-refractivity contribution in [3.05, 3.63) is 76.0 Å². The highest BCUT2D eigenvalue weighted by Crippen LogP contribution is 2.34. The second-order valence-corrected chi connectivity index (χ2v) is 13.8. The monoisotopic (exact) mass is 719 g/mol. The normalized spacial score (nSPS) is 11.7. The second-order valence-electron chi connectivity index (χ2n) is 11.7. The summed E-state index contributed by atoms with van der Waals surface area (Å²) in [6.07, 6.45) is 0.647. The molecule has 12 nitrogen and oxygen atoms in total. The largest absolute Gasteiger partial charge is 0.491 e. The molecule has 0 spiro atoms. The highest BCUT2D eigenvalue weighted by Gasteiger charge is 2.23. The summed E-state index contributed by atoms with van der Waals surface area (Å²) in [4.78, 5) is 25.5. The highest BCUT2D eigenvalue weighted by atomic mass is 32.1. The van der Waals surface area contributed by atoms with Gasteiger partial charge >= 0.3 is 5.97 Å². The standard InChI is InChI=1S/C35H38FN7O5S2/c1-22-19-30(40-41-32(22)39-34-37-26-11-4-5-12-28(26)49-34)43(17-7-10-24(45)21-44)35-38-31(33(46)47)29(50-35)13-8-18-48-27-15-14-23(20-25(27)36)9-6-16-42(2)3/h4-5,11-12,14-15,19-20,24,44-45H,7-8,10,13,16-18,21H2,1-3H3,(H,46,47)(H,37,39,41). The van der Waals surface area contributed by atoms with Crippen LogP contribution >= 0.6 is 22.7 Å². The van der Waals surface area contributed by atoms with Gasteiger partial charge in [-0.2, -0.15) is 0 Å². The van der Waals surface area contributed by atoms with Gasteiger partial charge in [-0.05, 0) is 88.7 Å².